The van der Waals surface area contributed by atoms with E-state index in [0.29, 0.717) is 0 Å². The summed E-state index contributed by atoms with van der Waals surface area (Å²) in [5.74, 6) is 0. The number of pyridine rings is 1. The van der Waals surface area contributed by atoms with E-state index in [2.05, 4.69) is 169 Å². The van der Waals surface area contributed by atoms with Gasteiger partial charge in [0.25, 0.3) is 0 Å². The first-order valence-electron chi connectivity index (χ1n) is 17.0. The van der Waals surface area contributed by atoms with Crippen LogP contribution in [0, 0.1) is 0 Å². The van der Waals surface area contributed by atoms with Crippen molar-refractivity contribution in [3.8, 4) is 22.3 Å². The number of furan rings is 1. The Balaban J connectivity index is 1.18. The van der Waals surface area contributed by atoms with Crippen molar-refractivity contribution in [2.75, 3.05) is 4.90 Å². The minimum atomic E-state index is 0.807. The second-order valence-electron chi connectivity index (χ2n) is 12.8. The summed E-state index contributed by atoms with van der Waals surface area (Å²) in [6, 6.07) is 62.7. The lowest BCUT2D eigenvalue weighted by Crippen LogP contribution is -2.10. The molecule has 3 nitrogen and oxygen atoms in total. The van der Waals surface area contributed by atoms with Crippen molar-refractivity contribution in [3.05, 3.63) is 182 Å². The van der Waals surface area contributed by atoms with E-state index in [1.54, 1.807) is 0 Å². The van der Waals surface area contributed by atoms with Gasteiger partial charge in [0.2, 0.25) is 0 Å². The van der Waals surface area contributed by atoms with Crippen molar-refractivity contribution in [2.45, 2.75) is 0 Å². The summed E-state index contributed by atoms with van der Waals surface area (Å²) in [4.78, 5) is 7.16. The van der Waals surface area contributed by atoms with Gasteiger partial charge in [0.05, 0.1) is 0 Å². The van der Waals surface area contributed by atoms with Crippen LogP contribution in [0.4, 0.5) is 17.1 Å². The number of aromatic nitrogens is 1. The molecule has 0 saturated heterocycles. The highest BCUT2D eigenvalue weighted by Crippen LogP contribution is 2.42. The van der Waals surface area contributed by atoms with Crippen LogP contribution in [0.1, 0.15) is 0 Å². The van der Waals surface area contributed by atoms with Gasteiger partial charge in [-0.15, -0.1) is 0 Å². The molecule has 10 rings (SSSR count). The van der Waals surface area contributed by atoms with Gasteiger partial charge in [-0.3, -0.25) is 4.98 Å². The van der Waals surface area contributed by atoms with E-state index >= 15 is 0 Å². The molecule has 0 spiro atoms. The highest BCUT2D eigenvalue weighted by Gasteiger charge is 2.19. The molecular weight excluding hydrogens is 609 g/mol. The Morgan fingerprint density at radius 1 is 0.400 bits per heavy atom. The quantitative estimate of drug-likeness (QED) is 0.188. The molecule has 2 heterocycles. The number of rotatable bonds is 5. The van der Waals surface area contributed by atoms with Gasteiger partial charge >= 0.3 is 0 Å². The molecule has 234 valence electrons. The van der Waals surface area contributed by atoms with Crippen molar-refractivity contribution >= 4 is 71.4 Å². The molecule has 10 aromatic rings. The van der Waals surface area contributed by atoms with Crippen LogP contribution in [0.3, 0.4) is 0 Å². The molecule has 0 radical (unpaired) electrons. The predicted molar refractivity (Wildman–Crippen MR) is 210 cm³/mol. The van der Waals surface area contributed by atoms with Gasteiger partial charge < -0.3 is 9.32 Å². The second-order valence-corrected chi connectivity index (χ2v) is 12.8. The summed E-state index contributed by atoms with van der Waals surface area (Å²) in [6.45, 7) is 0. The second kappa shape index (κ2) is 11.5. The van der Waals surface area contributed by atoms with E-state index < -0.39 is 0 Å². The maximum Gasteiger partial charge on any atom is 0.161 e. The maximum absolute atomic E-state index is 6.62. The third-order valence-corrected chi connectivity index (χ3v) is 9.85. The van der Waals surface area contributed by atoms with Gasteiger partial charge in [0.1, 0.15) is 11.1 Å². The monoisotopic (exact) mass is 638 g/mol. The number of fused-ring (bicyclic) bond motifs is 7. The predicted octanol–water partition coefficient (Wildman–Crippen LogP) is 13.2. The summed E-state index contributed by atoms with van der Waals surface area (Å²) in [5.41, 5.74) is 10.4. The average Bonchev–Trinajstić information content (AvgIpc) is 3.56. The van der Waals surface area contributed by atoms with Crippen molar-refractivity contribution < 1.29 is 4.42 Å². The summed E-state index contributed by atoms with van der Waals surface area (Å²) >= 11 is 0. The van der Waals surface area contributed by atoms with E-state index in [1.807, 2.05) is 18.3 Å². The molecule has 0 aliphatic carbocycles. The number of anilines is 3. The van der Waals surface area contributed by atoms with E-state index in [9.17, 15) is 0 Å². The molecule has 0 saturated carbocycles. The molecule has 8 aromatic carbocycles. The topological polar surface area (TPSA) is 29.3 Å². The van der Waals surface area contributed by atoms with E-state index in [-0.39, 0.29) is 0 Å². The molecule has 0 unspecified atom stereocenters. The number of hydrogen-bond donors (Lipinski definition) is 0. The Kier molecular flexibility index (Phi) is 6.49. The van der Waals surface area contributed by atoms with Gasteiger partial charge in [-0.2, -0.15) is 0 Å². The number of hydrogen-bond acceptors (Lipinski definition) is 3. The lowest BCUT2D eigenvalue weighted by atomic mass is 9.97. The molecular formula is C47H30N2O. The minimum Gasteiger partial charge on any atom is -0.454 e. The third kappa shape index (κ3) is 4.63. The largest absolute Gasteiger partial charge is 0.454 e. The van der Waals surface area contributed by atoms with Gasteiger partial charge in [0.15, 0.2) is 5.58 Å². The molecule has 0 bridgehead atoms. The number of benzene rings is 8. The molecule has 0 atom stereocenters. The fraction of sp³-hybridized carbons (Fsp3) is 0. The Morgan fingerprint density at radius 3 is 1.56 bits per heavy atom. The van der Waals surface area contributed by atoms with Crippen molar-refractivity contribution in [1.29, 1.82) is 0 Å². The molecule has 0 amide bonds. The van der Waals surface area contributed by atoms with Crippen molar-refractivity contribution in [3.63, 3.8) is 0 Å². The van der Waals surface area contributed by atoms with Crippen LogP contribution in [-0.4, -0.2) is 4.98 Å². The fourth-order valence-corrected chi connectivity index (χ4v) is 7.50. The lowest BCUT2D eigenvalue weighted by Gasteiger charge is -2.26. The SMILES string of the molecule is c1cc(-c2cccc3ccccc23)cc(N(c2cccc(-c3cccc4ccccc34)c2)c2ccc3c(c2)oc2c4ccccc4cnc32)c1. The summed E-state index contributed by atoms with van der Waals surface area (Å²) < 4.78 is 6.62. The highest BCUT2D eigenvalue weighted by atomic mass is 16.3. The van der Waals surface area contributed by atoms with Crippen LogP contribution in [-0.2, 0) is 0 Å². The molecule has 0 aliphatic heterocycles. The standard InChI is InChI=1S/C47H30N2O/c1-4-20-39-31(11-1)14-9-23-41(39)33-16-7-18-36(27-33)49(37-19-8-17-34(28-37)42-24-10-15-32-12-2-5-21-40(32)42)38-25-26-44-45(29-38)50-47-43-22-6-3-13-35(43)30-48-46(44)47/h1-30H. The van der Waals surface area contributed by atoms with E-state index in [0.717, 1.165) is 61.0 Å². The Labute approximate surface area is 289 Å². The zero-order valence-electron chi connectivity index (χ0n) is 27.1. The van der Waals surface area contributed by atoms with Crippen LogP contribution >= 0.6 is 0 Å². The normalized spacial score (nSPS) is 11.6. The zero-order valence-corrected chi connectivity index (χ0v) is 27.1. The molecule has 0 N–H and O–H groups in total. The summed E-state index contributed by atoms with van der Waals surface area (Å²) in [7, 11) is 0. The van der Waals surface area contributed by atoms with E-state index in [4.69, 9.17) is 9.40 Å². The van der Waals surface area contributed by atoms with Gasteiger partial charge in [-0.05, 0) is 80.2 Å². The van der Waals surface area contributed by atoms with Crippen molar-refractivity contribution in [1.82, 2.24) is 4.98 Å². The zero-order chi connectivity index (χ0) is 33.0. The first-order valence-corrected chi connectivity index (χ1v) is 17.0. The molecule has 2 aromatic heterocycles. The Bertz CT molecular complexity index is 2770. The lowest BCUT2D eigenvalue weighted by molar-refractivity contribution is 0.672. The molecule has 0 fully saturated rings. The average molecular weight is 639 g/mol. The fourth-order valence-electron chi connectivity index (χ4n) is 7.50. The van der Waals surface area contributed by atoms with Crippen LogP contribution in [0.25, 0.3) is 76.6 Å². The maximum atomic E-state index is 6.62. The van der Waals surface area contributed by atoms with Crippen LogP contribution in [0.5, 0.6) is 0 Å². The van der Waals surface area contributed by atoms with Crippen molar-refractivity contribution in [2.24, 2.45) is 0 Å². The summed E-state index contributed by atoms with van der Waals surface area (Å²) in [6.07, 6.45) is 1.93. The van der Waals surface area contributed by atoms with Gasteiger partial charge in [-0.25, -0.2) is 0 Å². The van der Waals surface area contributed by atoms with Gasteiger partial charge in [-0.1, -0.05) is 133 Å². The summed E-state index contributed by atoms with van der Waals surface area (Å²) in [5, 5.41) is 8.07. The Hall–Kier alpha value is -6.71. The van der Waals surface area contributed by atoms with E-state index in [1.165, 1.54) is 32.7 Å². The smallest absolute Gasteiger partial charge is 0.161 e. The molecule has 0 aliphatic rings. The minimum absolute atomic E-state index is 0.807. The highest BCUT2D eigenvalue weighted by molar-refractivity contribution is 6.13. The molecule has 3 heteroatoms. The first kappa shape index (κ1) is 28.3. The molecule has 50 heavy (non-hydrogen) atoms. The number of nitrogens with zero attached hydrogens (tertiary/aromatic N) is 2. The van der Waals surface area contributed by atoms with Gasteiger partial charge in [0, 0.05) is 45.5 Å². The van der Waals surface area contributed by atoms with Crippen LogP contribution in [0.15, 0.2) is 187 Å². The van der Waals surface area contributed by atoms with Crippen LogP contribution < -0.4 is 4.90 Å². The van der Waals surface area contributed by atoms with Crippen LogP contribution in [0.2, 0.25) is 0 Å². The first-order chi connectivity index (χ1) is 24.8. The Morgan fingerprint density at radius 2 is 0.920 bits per heavy atom. The third-order valence-electron chi connectivity index (χ3n) is 9.85.